The Hall–Kier alpha value is -3.31. The molecule has 1 aliphatic rings. The van der Waals surface area contributed by atoms with E-state index in [1.165, 1.54) is 16.2 Å². The molecule has 1 fully saturated rings. The summed E-state index contributed by atoms with van der Waals surface area (Å²) in [6.07, 6.45) is 0. The van der Waals surface area contributed by atoms with Gasteiger partial charge in [-0.25, -0.2) is 4.98 Å². The topological polar surface area (TPSA) is 123 Å². The standard InChI is InChI=1S/C18H14ClN5O5S/c19-14-2-1-3-15-16(14)20-18(30-15)22-6-4-21(5-7-22)17(25)11-8-12(23(26)27)10-13(9-11)24(28)29/h1-3,8-10H,4-7H2. The van der Waals surface area contributed by atoms with Gasteiger partial charge in [0, 0.05) is 38.3 Å². The molecule has 4 rings (SSSR count). The van der Waals surface area contributed by atoms with Crippen molar-refractivity contribution in [1.82, 2.24) is 9.88 Å². The number of piperazine rings is 1. The van der Waals surface area contributed by atoms with Gasteiger partial charge in [0.1, 0.15) is 5.52 Å². The molecule has 30 heavy (non-hydrogen) atoms. The highest BCUT2D eigenvalue weighted by molar-refractivity contribution is 7.22. The Balaban J connectivity index is 1.51. The van der Waals surface area contributed by atoms with Gasteiger partial charge in [-0.1, -0.05) is 29.0 Å². The van der Waals surface area contributed by atoms with Crippen molar-refractivity contribution in [3.63, 3.8) is 0 Å². The van der Waals surface area contributed by atoms with Crippen LogP contribution in [0.5, 0.6) is 0 Å². The van der Waals surface area contributed by atoms with Crippen molar-refractivity contribution in [3.05, 3.63) is 67.2 Å². The Morgan fingerprint density at radius 1 is 1.03 bits per heavy atom. The third-order valence-electron chi connectivity index (χ3n) is 4.77. The van der Waals surface area contributed by atoms with Crippen molar-refractivity contribution < 1.29 is 14.6 Å². The molecule has 0 atom stereocenters. The van der Waals surface area contributed by atoms with Crippen LogP contribution in [0.4, 0.5) is 16.5 Å². The van der Waals surface area contributed by atoms with Crippen LogP contribution >= 0.6 is 22.9 Å². The number of carbonyl (C=O) groups is 1. The molecule has 0 bridgehead atoms. The van der Waals surface area contributed by atoms with E-state index < -0.39 is 27.1 Å². The molecule has 2 aromatic carbocycles. The van der Waals surface area contributed by atoms with E-state index in [1.807, 2.05) is 17.0 Å². The van der Waals surface area contributed by atoms with Gasteiger partial charge < -0.3 is 9.80 Å². The van der Waals surface area contributed by atoms with Crippen molar-refractivity contribution in [1.29, 1.82) is 0 Å². The van der Waals surface area contributed by atoms with E-state index in [2.05, 4.69) is 4.98 Å². The molecule has 0 aliphatic carbocycles. The summed E-state index contributed by atoms with van der Waals surface area (Å²) in [5, 5.41) is 23.5. The van der Waals surface area contributed by atoms with Crippen LogP contribution in [0.3, 0.4) is 0 Å². The molecule has 0 saturated carbocycles. The molecule has 1 aromatic heterocycles. The molecule has 2 heterocycles. The molecule has 1 aliphatic heterocycles. The number of nitro benzene ring substituents is 2. The summed E-state index contributed by atoms with van der Waals surface area (Å²) in [6, 6.07) is 8.56. The summed E-state index contributed by atoms with van der Waals surface area (Å²) >= 11 is 7.70. The highest BCUT2D eigenvalue weighted by Crippen LogP contribution is 2.33. The number of benzene rings is 2. The van der Waals surface area contributed by atoms with Gasteiger partial charge in [-0.15, -0.1) is 0 Å². The zero-order chi connectivity index (χ0) is 21.4. The van der Waals surface area contributed by atoms with Gasteiger partial charge in [-0.2, -0.15) is 0 Å². The first kappa shape index (κ1) is 20.0. The monoisotopic (exact) mass is 447 g/mol. The Morgan fingerprint density at radius 2 is 1.67 bits per heavy atom. The number of nitro groups is 2. The van der Waals surface area contributed by atoms with Crippen LogP contribution in [0, 0.1) is 20.2 Å². The molecular formula is C18H14ClN5O5S. The fourth-order valence-corrected chi connectivity index (χ4v) is 4.57. The van der Waals surface area contributed by atoms with Gasteiger partial charge in [0.05, 0.1) is 31.2 Å². The van der Waals surface area contributed by atoms with Gasteiger partial charge in [-0.05, 0) is 12.1 Å². The number of non-ortho nitro benzene ring substituents is 2. The SMILES string of the molecule is O=C(c1cc([N+](=O)[O-])cc([N+](=O)[O-])c1)N1CCN(c2nc3c(Cl)cccc3s2)CC1. The van der Waals surface area contributed by atoms with Crippen LogP contribution in [0.15, 0.2) is 36.4 Å². The van der Waals surface area contributed by atoms with Gasteiger partial charge in [0.25, 0.3) is 17.3 Å². The van der Waals surface area contributed by atoms with Crippen LogP contribution in [0.2, 0.25) is 5.02 Å². The van der Waals surface area contributed by atoms with Gasteiger partial charge in [0.2, 0.25) is 0 Å². The van der Waals surface area contributed by atoms with Gasteiger partial charge >= 0.3 is 0 Å². The summed E-state index contributed by atoms with van der Waals surface area (Å²) in [4.78, 5) is 41.6. The zero-order valence-corrected chi connectivity index (χ0v) is 16.9. The smallest absolute Gasteiger partial charge is 0.277 e. The minimum atomic E-state index is -0.750. The number of halogens is 1. The molecule has 0 spiro atoms. The third kappa shape index (κ3) is 3.76. The predicted molar refractivity (Wildman–Crippen MR) is 112 cm³/mol. The number of aromatic nitrogens is 1. The Labute approximate surface area is 178 Å². The number of hydrogen-bond acceptors (Lipinski definition) is 8. The number of amides is 1. The van der Waals surface area contributed by atoms with Crippen molar-refractivity contribution in [3.8, 4) is 0 Å². The lowest BCUT2D eigenvalue weighted by Crippen LogP contribution is -2.48. The molecule has 0 unspecified atom stereocenters. The van der Waals surface area contributed by atoms with E-state index >= 15 is 0 Å². The molecule has 12 heteroatoms. The second-order valence-corrected chi connectivity index (χ2v) is 8.03. The van der Waals surface area contributed by atoms with E-state index in [9.17, 15) is 25.0 Å². The molecule has 0 N–H and O–H groups in total. The molecule has 1 saturated heterocycles. The highest BCUT2D eigenvalue weighted by Gasteiger charge is 2.27. The number of anilines is 1. The molecule has 154 valence electrons. The number of fused-ring (bicyclic) bond motifs is 1. The van der Waals surface area contributed by atoms with E-state index in [0.29, 0.717) is 31.2 Å². The van der Waals surface area contributed by atoms with Crippen molar-refractivity contribution in [2.75, 3.05) is 31.1 Å². The second-order valence-electron chi connectivity index (χ2n) is 6.61. The number of para-hydroxylation sites is 1. The normalized spacial score (nSPS) is 14.2. The summed E-state index contributed by atoms with van der Waals surface area (Å²) < 4.78 is 0.972. The Bertz CT molecular complexity index is 1140. The van der Waals surface area contributed by atoms with Crippen LogP contribution in [0.25, 0.3) is 10.2 Å². The van der Waals surface area contributed by atoms with Crippen molar-refractivity contribution in [2.45, 2.75) is 0 Å². The largest absolute Gasteiger partial charge is 0.345 e. The van der Waals surface area contributed by atoms with Crippen molar-refractivity contribution in [2.24, 2.45) is 0 Å². The second kappa shape index (κ2) is 7.84. The number of nitrogens with zero attached hydrogens (tertiary/aromatic N) is 5. The van der Waals surface area contributed by atoms with Crippen LogP contribution in [-0.2, 0) is 0 Å². The highest BCUT2D eigenvalue weighted by atomic mass is 35.5. The van der Waals surface area contributed by atoms with E-state index in [4.69, 9.17) is 11.6 Å². The molecule has 0 radical (unpaired) electrons. The van der Waals surface area contributed by atoms with Crippen molar-refractivity contribution >= 4 is 55.6 Å². The minimum Gasteiger partial charge on any atom is -0.345 e. The van der Waals surface area contributed by atoms with E-state index in [1.54, 1.807) is 6.07 Å². The average Bonchev–Trinajstić information content (AvgIpc) is 3.18. The molecule has 10 nitrogen and oxygen atoms in total. The van der Waals surface area contributed by atoms with E-state index in [-0.39, 0.29) is 5.56 Å². The van der Waals surface area contributed by atoms with Crippen LogP contribution < -0.4 is 4.90 Å². The average molecular weight is 448 g/mol. The summed E-state index contributed by atoms with van der Waals surface area (Å²) in [6.45, 7) is 1.75. The van der Waals surface area contributed by atoms with Crippen LogP contribution in [-0.4, -0.2) is 51.8 Å². The molecule has 3 aromatic rings. The Kier molecular flexibility index (Phi) is 5.22. The lowest BCUT2D eigenvalue weighted by Gasteiger charge is -2.34. The fourth-order valence-electron chi connectivity index (χ4n) is 3.25. The first-order valence-corrected chi connectivity index (χ1v) is 10.1. The predicted octanol–water partition coefficient (Wildman–Crippen LogP) is 3.73. The first-order valence-electron chi connectivity index (χ1n) is 8.86. The van der Waals surface area contributed by atoms with Gasteiger partial charge in [-0.3, -0.25) is 25.0 Å². The quantitative estimate of drug-likeness (QED) is 0.441. The molecule has 1 amide bonds. The first-order chi connectivity index (χ1) is 14.3. The summed E-state index contributed by atoms with van der Waals surface area (Å²) in [7, 11) is 0. The maximum Gasteiger partial charge on any atom is 0.277 e. The number of rotatable bonds is 4. The number of hydrogen-bond donors (Lipinski definition) is 0. The van der Waals surface area contributed by atoms with Crippen LogP contribution in [0.1, 0.15) is 10.4 Å². The minimum absolute atomic E-state index is 0.0730. The van der Waals surface area contributed by atoms with Gasteiger partial charge in [0.15, 0.2) is 5.13 Å². The Morgan fingerprint density at radius 3 is 2.23 bits per heavy atom. The number of carbonyl (C=O) groups excluding carboxylic acids is 1. The third-order valence-corrected chi connectivity index (χ3v) is 6.15. The zero-order valence-electron chi connectivity index (χ0n) is 15.4. The maximum absolute atomic E-state index is 12.8. The summed E-state index contributed by atoms with van der Waals surface area (Å²) in [5.74, 6) is -0.478. The summed E-state index contributed by atoms with van der Waals surface area (Å²) in [5.41, 5.74) is -0.312. The maximum atomic E-state index is 12.8. The fraction of sp³-hybridized carbons (Fsp3) is 0.222. The lowest BCUT2D eigenvalue weighted by molar-refractivity contribution is -0.394. The van der Waals surface area contributed by atoms with E-state index in [0.717, 1.165) is 33.5 Å². The molecular weight excluding hydrogens is 434 g/mol. The lowest BCUT2D eigenvalue weighted by atomic mass is 10.1. The number of thiazole rings is 1.